The molecule has 156 valence electrons. The van der Waals surface area contributed by atoms with Crippen molar-refractivity contribution in [3.05, 3.63) is 58.6 Å². The van der Waals surface area contributed by atoms with Gasteiger partial charge in [-0.2, -0.15) is 0 Å². The number of carboxylic acid groups (broad SMARTS) is 1. The molecule has 0 radical (unpaired) electrons. The number of carbonyl (C=O) groups is 3. The highest BCUT2D eigenvalue weighted by atomic mass is 35.5. The molecule has 2 aliphatic heterocycles. The number of nitrogens with zero attached hydrogens (tertiary/aromatic N) is 2. The second-order valence-electron chi connectivity index (χ2n) is 7.16. The molecule has 2 aromatic carbocycles. The van der Waals surface area contributed by atoms with Crippen LogP contribution in [0.2, 0.25) is 5.02 Å². The van der Waals surface area contributed by atoms with Gasteiger partial charge in [0.25, 0.3) is 0 Å². The zero-order valence-corrected chi connectivity index (χ0v) is 16.9. The Balaban J connectivity index is 1.81. The maximum absolute atomic E-state index is 12.6. The van der Waals surface area contributed by atoms with Gasteiger partial charge in [-0.15, -0.1) is 0 Å². The van der Waals surface area contributed by atoms with Crippen LogP contribution in [0.1, 0.15) is 23.6 Å². The lowest BCUT2D eigenvalue weighted by Crippen LogP contribution is -2.56. The SMILES string of the molecule is COc1cccc(CN2c3ccc(Cl)cc3C(N3C(=O)CCNC3=O)C2C(=O)O)c1. The fraction of sp³-hybridized carbons (Fsp3) is 0.286. The molecule has 1 fully saturated rings. The number of hydrogen-bond donors (Lipinski definition) is 2. The van der Waals surface area contributed by atoms with Crippen molar-refractivity contribution in [3.63, 3.8) is 0 Å². The number of nitrogens with one attached hydrogen (secondary N) is 1. The summed E-state index contributed by atoms with van der Waals surface area (Å²) in [5.41, 5.74) is 1.98. The number of carbonyl (C=O) groups excluding carboxylic acids is 2. The van der Waals surface area contributed by atoms with Gasteiger partial charge in [-0.05, 0) is 35.9 Å². The molecule has 2 aromatic rings. The number of urea groups is 1. The monoisotopic (exact) mass is 429 g/mol. The van der Waals surface area contributed by atoms with Gasteiger partial charge >= 0.3 is 12.0 Å². The molecular weight excluding hydrogens is 410 g/mol. The second kappa shape index (κ2) is 7.87. The van der Waals surface area contributed by atoms with Gasteiger partial charge < -0.3 is 20.1 Å². The Labute approximate surface area is 178 Å². The second-order valence-corrected chi connectivity index (χ2v) is 7.59. The fourth-order valence-corrected chi connectivity index (χ4v) is 4.27. The molecule has 8 nitrogen and oxygen atoms in total. The highest BCUT2D eigenvalue weighted by Gasteiger charge is 2.50. The van der Waals surface area contributed by atoms with Crippen LogP contribution in [-0.2, 0) is 16.1 Å². The smallest absolute Gasteiger partial charge is 0.328 e. The number of rotatable bonds is 5. The van der Waals surface area contributed by atoms with Crippen LogP contribution in [0.3, 0.4) is 0 Å². The summed E-state index contributed by atoms with van der Waals surface area (Å²) in [5.74, 6) is -0.900. The van der Waals surface area contributed by atoms with Gasteiger partial charge in [-0.25, -0.2) is 9.59 Å². The van der Waals surface area contributed by atoms with Gasteiger partial charge in [0.1, 0.15) is 5.75 Å². The standard InChI is InChI=1S/C21H20ClN3O5/c1-30-14-4-2-3-12(9-14)11-24-16-6-5-13(22)10-15(16)18(19(24)20(27)28)25-17(26)7-8-23-21(25)29/h2-6,9-10,18-19H,7-8,11H2,1H3,(H,23,29)(H,27,28). The van der Waals surface area contributed by atoms with E-state index in [2.05, 4.69) is 5.32 Å². The number of carboxylic acids is 1. The van der Waals surface area contributed by atoms with Crippen LogP contribution in [0, 0.1) is 0 Å². The summed E-state index contributed by atoms with van der Waals surface area (Å²) in [6.45, 7) is 0.484. The molecule has 3 amide bonds. The average Bonchev–Trinajstić information content (AvgIpc) is 3.01. The molecule has 2 N–H and O–H groups in total. The van der Waals surface area contributed by atoms with Gasteiger partial charge in [-0.3, -0.25) is 9.69 Å². The number of methoxy groups -OCH3 is 1. The number of hydrogen-bond acceptors (Lipinski definition) is 5. The Bertz CT molecular complexity index is 1010. The van der Waals surface area contributed by atoms with Gasteiger partial charge in [0.05, 0.1) is 13.2 Å². The van der Waals surface area contributed by atoms with Crippen LogP contribution >= 0.6 is 11.6 Å². The van der Waals surface area contributed by atoms with Gasteiger partial charge in [0.2, 0.25) is 5.91 Å². The van der Waals surface area contributed by atoms with E-state index < -0.39 is 30.0 Å². The lowest BCUT2D eigenvalue weighted by molar-refractivity contribution is -0.141. The lowest BCUT2D eigenvalue weighted by Gasteiger charge is -2.35. The average molecular weight is 430 g/mol. The molecule has 2 heterocycles. The van der Waals surface area contributed by atoms with E-state index in [0.29, 0.717) is 22.0 Å². The van der Waals surface area contributed by atoms with Crippen LogP contribution in [-0.4, -0.2) is 47.6 Å². The number of amides is 3. The molecule has 2 aliphatic rings. The molecule has 30 heavy (non-hydrogen) atoms. The molecule has 4 rings (SSSR count). The molecule has 0 saturated carbocycles. The van der Waals surface area contributed by atoms with Crippen molar-refractivity contribution >= 4 is 35.2 Å². The van der Waals surface area contributed by atoms with Crippen molar-refractivity contribution in [2.45, 2.75) is 25.0 Å². The van der Waals surface area contributed by atoms with E-state index in [4.69, 9.17) is 16.3 Å². The highest BCUT2D eigenvalue weighted by molar-refractivity contribution is 6.30. The maximum atomic E-state index is 12.6. The third-order valence-electron chi connectivity index (χ3n) is 5.37. The zero-order chi connectivity index (χ0) is 21.4. The predicted molar refractivity (Wildman–Crippen MR) is 110 cm³/mol. The molecular formula is C21H20ClN3O5. The summed E-state index contributed by atoms with van der Waals surface area (Å²) in [6.07, 6.45) is 0.111. The normalized spacial score (nSPS) is 20.7. The quantitative estimate of drug-likeness (QED) is 0.758. The summed E-state index contributed by atoms with van der Waals surface area (Å²) in [5, 5.41) is 13.1. The van der Waals surface area contributed by atoms with E-state index in [1.807, 2.05) is 18.2 Å². The summed E-state index contributed by atoms with van der Waals surface area (Å²) in [6, 6.07) is 9.57. The summed E-state index contributed by atoms with van der Waals surface area (Å²) in [4.78, 5) is 40.2. The first-order valence-corrected chi connectivity index (χ1v) is 9.80. The van der Waals surface area contributed by atoms with Crippen LogP contribution < -0.4 is 15.0 Å². The van der Waals surface area contributed by atoms with Crippen molar-refractivity contribution < 1.29 is 24.2 Å². The van der Waals surface area contributed by atoms with E-state index in [0.717, 1.165) is 10.5 Å². The molecule has 9 heteroatoms. The Kier molecular flexibility index (Phi) is 5.26. The van der Waals surface area contributed by atoms with Crippen molar-refractivity contribution in [1.29, 1.82) is 0 Å². The third-order valence-corrected chi connectivity index (χ3v) is 5.61. The first-order valence-electron chi connectivity index (χ1n) is 9.42. The number of ether oxygens (including phenoxy) is 1. The van der Waals surface area contributed by atoms with Gasteiger partial charge in [-0.1, -0.05) is 23.7 Å². The van der Waals surface area contributed by atoms with E-state index in [9.17, 15) is 19.5 Å². The highest BCUT2D eigenvalue weighted by Crippen LogP contribution is 2.45. The fourth-order valence-electron chi connectivity index (χ4n) is 4.09. The van der Waals surface area contributed by atoms with Crippen LogP contribution in [0.4, 0.5) is 10.5 Å². The molecule has 2 atom stereocenters. The van der Waals surface area contributed by atoms with Crippen LogP contribution in [0.15, 0.2) is 42.5 Å². The molecule has 0 spiro atoms. The lowest BCUT2D eigenvalue weighted by atomic mass is 10.0. The molecule has 1 saturated heterocycles. The zero-order valence-electron chi connectivity index (χ0n) is 16.2. The Morgan fingerprint density at radius 1 is 1.27 bits per heavy atom. The summed E-state index contributed by atoms with van der Waals surface area (Å²) in [7, 11) is 1.56. The predicted octanol–water partition coefficient (Wildman–Crippen LogP) is 2.80. The summed E-state index contributed by atoms with van der Waals surface area (Å²) < 4.78 is 5.27. The molecule has 0 aromatic heterocycles. The van der Waals surface area contributed by atoms with Gasteiger partial charge in [0, 0.05) is 35.8 Å². The van der Waals surface area contributed by atoms with E-state index >= 15 is 0 Å². The van der Waals surface area contributed by atoms with Crippen molar-refractivity contribution in [2.24, 2.45) is 0 Å². The van der Waals surface area contributed by atoms with Crippen molar-refractivity contribution in [2.75, 3.05) is 18.6 Å². The molecule has 2 unspecified atom stereocenters. The van der Waals surface area contributed by atoms with Crippen LogP contribution in [0.5, 0.6) is 5.75 Å². The largest absolute Gasteiger partial charge is 0.497 e. The van der Waals surface area contributed by atoms with E-state index in [1.54, 1.807) is 36.3 Å². The minimum absolute atomic E-state index is 0.111. The summed E-state index contributed by atoms with van der Waals surface area (Å²) >= 11 is 6.19. The van der Waals surface area contributed by atoms with E-state index in [1.165, 1.54) is 0 Å². The van der Waals surface area contributed by atoms with E-state index in [-0.39, 0.29) is 19.5 Å². The first-order chi connectivity index (χ1) is 14.4. The minimum atomic E-state index is -1.16. The maximum Gasteiger partial charge on any atom is 0.328 e. The molecule has 0 aliphatic carbocycles. The number of aliphatic carboxylic acids is 1. The Hall–Kier alpha value is -3.26. The van der Waals surface area contributed by atoms with Gasteiger partial charge in [0.15, 0.2) is 6.04 Å². The number of halogens is 1. The number of fused-ring (bicyclic) bond motifs is 1. The topological polar surface area (TPSA) is 99.2 Å². The number of imide groups is 1. The third kappa shape index (κ3) is 3.43. The number of anilines is 1. The van der Waals surface area contributed by atoms with Crippen molar-refractivity contribution in [1.82, 2.24) is 10.2 Å². The molecule has 0 bridgehead atoms. The Morgan fingerprint density at radius 3 is 2.77 bits per heavy atom. The van der Waals surface area contributed by atoms with Crippen molar-refractivity contribution in [3.8, 4) is 5.75 Å². The first kappa shape index (κ1) is 20.0. The number of benzene rings is 2. The Morgan fingerprint density at radius 2 is 2.07 bits per heavy atom. The minimum Gasteiger partial charge on any atom is -0.497 e. The van der Waals surface area contributed by atoms with Crippen LogP contribution in [0.25, 0.3) is 0 Å².